The van der Waals surface area contributed by atoms with Crippen molar-refractivity contribution in [1.82, 2.24) is 4.90 Å². The molecular formula is C15H20BrNO2. The van der Waals surface area contributed by atoms with E-state index in [0.717, 1.165) is 48.2 Å². The van der Waals surface area contributed by atoms with E-state index in [1.54, 1.807) is 4.90 Å². The first kappa shape index (κ1) is 14.5. The number of benzene rings is 1. The average molecular weight is 326 g/mol. The molecule has 104 valence electrons. The van der Waals surface area contributed by atoms with E-state index in [2.05, 4.69) is 15.9 Å². The first-order valence-corrected chi connectivity index (χ1v) is 7.46. The van der Waals surface area contributed by atoms with Gasteiger partial charge in [-0.1, -0.05) is 15.9 Å². The molecule has 4 heteroatoms. The summed E-state index contributed by atoms with van der Waals surface area (Å²) in [6, 6.07) is 5.82. The fourth-order valence-electron chi connectivity index (χ4n) is 2.50. The number of carbonyl (C=O) groups is 1. The first-order valence-electron chi connectivity index (χ1n) is 6.66. The highest BCUT2D eigenvalue weighted by molar-refractivity contribution is 9.10. The van der Waals surface area contributed by atoms with E-state index in [0.29, 0.717) is 5.92 Å². The Morgan fingerprint density at radius 2 is 2.26 bits per heavy atom. The van der Waals surface area contributed by atoms with Gasteiger partial charge in [-0.05, 0) is 49.4 Å². The summed E-state index contributed by atoms with van der Waals surface area (Å²) in [5.74, 6) is 0.547. The van der Waals surface area contributed by atoms with Crippen LogP contribution in [0.3, 0.4) is 0 Å². The van der Waals surface area contributed by atoms with Gasteiger partial charge in [-0.25, -0.2) is 0 Å². The lowest BCUT2D eigenvalue weighted by atomic mass is 10.0. The van der Waals surface area contributed by atoms with Crippen LogP contribution in [-0.4, -0.2) is 37.6 Å². The summed E-state index contributed by atoms with van der Waals surface area (Å²) in [5.41, 5.74) is 1.83. The van der Waals surface area contributed by atoms with Crippen molar-refractivity contribution >= 4 is 21.8 Å². The lowest BCUT2D eigenvalue weighted by Gasteiger charge is -2.27. The summed E-state index contributed by atoms with van der Waals surface area (Å²) in [7, 11) is 1.87. The zero-order valence-electron chi connectivity index (χ0n) is 11.5. The first-order chi connectivity index (χ1) is 9.06. The highest BCUT2D eigenvalue weighted by atomic mass is 79.9. The quantitative estimate of drug-likeness (QED) is 0.853. The maximum absolute atomic E-state index is 12.4. The molecule has 1 aromatic rings. The summed E-state index contributed by atoms with van der Waals surface area (Å²) in [4.78, 5) is 14.2. The molecule has 19 heavy (non-hydrogen) atoms. The number of amides is 1. The van der Waals surface area contributed by atoms with E-state index in [4.69, 9.17) is 4.74 Å². The molecular weight excluding hydrogens is 306 g/mol. The molecule has 0 bridgehead atoms. The molecule has 1 atom stereocenters. The highest BCUT2D eigenvalue weighted by Crippen LogP contribution is 2.19. The second-order valence-electron chi connectivity index (χ2n) is 5.29. The van der Waals surface area contributed by atoms with E-state index in [9.17, 15) is 4.79 Å². The highest BCUT2D eigenvalue weighted by Gasteiger charge is 2.19. The summed E-state index contributed by atoms with van der Waals surface area (Å²) in [6.45, 7) is 4.40. The molecule has 1 aliphatic heterocycles. The summed E-state index contributed by atoms with van der Waals surface area (Å²) >= 11 is 3.44. The van der Waals surface area contributed by atoms with Gasteiger partial charge in [0.1, 0.15) is 0 Å². The summed E-state index contributed by atoms with van der Waals surface area (Å²) < 4.78 is 6.41. The minimum atomic E-state index is 0.0787. The number of ether oxygens (including phenoxy) is 1. The monoisotopic (exact) mass is 325 g/mol. The van der Waals surface area contributed by atoms with E-state index >= 15 is 0 Å². The molecule has 1 amide bonds. The Labute approximate surface area is 123 Å². The van der Waals surface area contributed by atoms with Gasteiger partial charge in [-0.3, -0.25) is 4.79 Å². The molecule has 1 fully saturated rings. The van der Waals surface area contributed by atoms with Crippen LogP contribution in [0, 0.1) is 12.8 Å². The third kappa shape index (κ3) is 4.05. The molecule has 1 aliphatic rings. The maximum atomic E-state index is 12.4. The minimum absolute atomic E-state index is 0.0787. The number of nitrogens with zero attached hydrogens (tertiary/aromatic N) is 1. The summed E-state index contributed by atoms with van der Waals surface area (Å²) in [5, 5.41) is 0. The molecule has 1 heterocycles. The Morgan fingerprint density at radius 1 is 1.47 bits per heavy atom. The third-order valence-corrected chi connectivity index (χ3v) is 3.88. The molecule has 0 radical (unpaired) electrons. The average Bonchev–Trinajstić information content (AvgIpc) is 2.37. The molecule has 1 unspecified atom stereocenters. The predicted octanol–water partition coefficient (Wildman–Crippen LogP) is 3.26. The van der Waals surface area contributed by atoms with Gasteiger partial charge in [0.25, 0.3) is 5.91 Å². The van der Waals surface area contributed by atoms with Gasteiger partial charge in [0, 0.05) is 30.2 Å². The molecule has 3 nitrogen and oxygen atoms in total. The molecule has 0 spiro atoms. The molecule has 2 rings (SSSR count). The maximum Gasteiger partial charge on any atom is 0.253 e. The minimum Gasteiger partial charge on any atom is -0.381 e. The van der Waals surface area contributed by atoms with Crippen molar-refractivity contribution in [3.8, 4) is 0 Å². The zero-order chi connectivity index (χ0) is 13.8. The molecule has 0 aromatic heterocycles. The molecule has 1 saturated heterocycles. The van der Waals surface area contributed by atoms with Gasteiger partial charge in [-0.2, -0.15) is 0 Å². The van der Waals surface area contributed by atoms with Gasteiger partial charge in [0.15, 0.2) is 0 Å². The second-order valence-corrected chi connectivity index (χ2v) is 6.20. The largest absolute Gasteiger partial charge is 0.381 e. The van der Waals surface area contributed by atoms with Crippen LogP contribution in [0.5, 0.6) is 0 Å². The lowest BCUT2D eigenvalue weighted by molar-refractivity contribution is 0.0388. The van der Waals surface area contributed by atoms with Gasteiger partial charge < -0.3 is 9.64 Å². The smallest absolute Gasteiger partial charge is 0.253 e. The van der Waals surface area contributed by atoms with E-state index in [-0.39, 0.29) is 5.91 Å². The standard InChI is InChI=1S/C15H20BrNO2/c1-11-6-13(8-14(16)7-11)15(18)17(2)9-12-4-3-5-19-10-12/h6-8,12H,3-5,9-10H2,1-2H3. The van der Waals surface area contributed by atoms with E-state index in [1.165, 1.54) is 0 Å². The Balaban J connectivity index is 2.01. The number of rotatable bonds is 3. The van der Waals surface area contributed by atoms with Gasteiger partial charge in [0.05, 0.1) is 6.61 Å². The Bertz CT molecular complexity index is 435. The molecule has 0 saturated carbocycles. The summed E-state index contributed by atoms with van der Waals surface area (Å²) in [6.07, 6.45) is 2.25. The normalized spacial score (nSPS) is 19.2. The van der Waals surface area contributed by atoms with Crippen molar-refractivity contribution in [3.05, 3.63) is 33.8 Å². The van der Waals surface area contributed by atoms with Crippen molar-refractivity contribution < 1.29 is 9.53 Å². The molecule has 1 aromatic carbocycles. The van der Waals surface area contributed by atoms with E-state index in [1.807, 2.05) is 32.2 Å². The van der Waals surface area contributed by atoms with Crippen LogP contribution in [0.4, 0.5) is 0 Å². The molecule has 0 N–H and O–H groups in total. The van der Waals surface area contributed by atoms with Crippen molar-refractivity contribution in [2.75, 3.05) is 26.8 Å². The zero-order valence-corrected chi connectivity index (χ0v) is 13.1. The van der Waals surface area contributed by atoms with Crippen molar-refractivity contribution in [3.63, 3.8) is 0 Å². The SMILES string of the molecule is Cc1cc(Br)cc(C(=O)N(C)CC2CCCOC2)c1. The third-order valence-electron chi connectivity index (χ3n) is 3.42. The topological polar surface area (TPSA) is 29.5 Å². The van der Waals surface area contributed by atoms with Crippen LogP contribution in [0.1, 0.15) is 28.8 Å². The number of aryl methyl sites for hydroxylation is 1. The van der Waals surface area contributed by atoms with Crippen molar-refractivity contribution in [2.24, 2.45) is 5.92 Å². The number of carbonyl (C=O) groups excluding carboxylic acids is 1. The van der Waals surface area contributed by atoms with Crippen LogP contribution in [0.15, 0.2) is 22.7 Å². The Hall–Kier alpha value is -0.870. The van der Waals surface area contributed by atoms with Crippen LogP contribution in [0.25, 0.3) is 0 Å². The van der Waals surface area contributed by atoms with Crippen LogP contribution >= 0.6 is 15.9 Å². The van der Waals surface area contributed by atoms with Gasteiger partial charge >= 0.3 is 0 Å². The predicted molar refractivity (Wildman–Crippen MR) is 79.4 cm³/mol. The number of halogens is 1. The molecule has 0 aliphatic carbocycles. The van der Waals surface area contributed by atoms with Crippen LogP contribution < -0.4 is 0 Å². The number of hydrogen-bond donors (Lipinski definition) is 0. The lowest BCUT2D eigenvalue weighted by Crippen LogP contribution is -2.35. The van der Waals surface area contributed by atoms with Crippen molar-refractivity contribution in [2.45, 2.75) is 19.8 Å². The Kier molecular flexibility index (Phi) is 4.99. The fourth-order valence-corrected chi connectivity index (χ4v) is 3.11. The fraction of sp³-hybridized carbons (Fsp3) is 0.533. The van der Waals surface area contributed by atoms with E-state index < -0.39 is 0 Å². The second kappa shape index (κ2) is 6.53. The number of hydrogen-bond acceptors (Lipinski definition) is 2. The van der Waals surface area contributed by atoms with Gasteiger partial charge in [-0.15, -0.1) is 0 Å². The van der Waals surface area contributed by atoms with Gasteiger partial charge in [0.2, 0.25) is 0 Å². The Morgan fingerprint density at radius 3 is 2.89 bits per heavy atom. The van der Waals surface area contributed by atoms with Crippen LogP contribution in [-0.2, 0) is 4.74 Å². The van der Waals surface area contributed by atoms with Crippen LogP contribution in [0.2, 0.25) is 0 Å². The van der Waals surface area contributed by atoms with Crippen molar-refractivity contribution in [1.29, 1.82) is 0 Å².